The van der Waals surface area contributed by atoms with E-state index in [0.717, 1.165) is 55.8 Å². The third-order valence-corrected chi connectivity index (χ3v) is 14.2. The maximum absolute atomic E-state index is 5.53. The molecule has 10 aromatic carbocycles. The first-order chi connectivity index (χ1) is 32.2. The van der Waals surface area contributed by atoms with Crippen molar-refractivity contribution in [2.75, 3.05) is 0 Å². The molecule has 0 atom stereocenters. The zero-order valence-corrected chi connectivity index (χ0v) is 35.3. The smallest absolute Gasteiger partial charge is 0.0788 e. The van der Waals surface area contributed by atoms with Crippen LogP contribution < -0.4 is 0 Å². The van der Waals surface area contributed by atoms with Crippen molar-refractivity contribution in [1.29, 1.82) is 0 Å². The molecule has 12 aromatic rings. The van der Waals surface area contributed by atoms with Crippen LogP contribution in [0.15, 0.2) is 231 Å². The summed E-state index contributed by atoms with van der Waals surface area (Å²) >= 11 is 0. The molecule has 300 valence electrons. The average Bonchev–Trinajstić information content (AvgIpc) is 3.85. The van der Waals surface area contributed by atoms with E-state index in [1.54, 1.807) is 0 Å². The van der Waals surface area contributed by atoms with Crippen LogP contribution in [-0.2, 0) is 5.41 Å². The van der Waals surface area contributed by atoms with Gasteiger partial charge in [0.25, 0.3) is 0 Å². The normalized spacial score (nSPS) is 13.0. The molecule has 0 amide bonds. The van der Waals surface area contributed by atoms with E-state index in [4.69, 9.17) is 9.97 Å². The number of nitrogens with zero attached hydrogens (tertiary/aromatic N) is 2. The van der Waals surface area contributed by atoms with Crippen LogP contribution in [0.5, 0.6) is 0 Å². The predicted molar refractivity (Wildman–Crippen MR) is 270 cm³/mol. The summed E-state index contributed by atoms with van der Waals surface area (Å²) in [4.78, 5) is 10.9. The fourth-order valence-electron chi connectivity index (χ4n) is 11.4. The molecule has 0 saturated carbocycles. The van der Waals surface area contributed by atoms with E-state index in [1.807, 2.05) is 0 Å². The largest absolute Gasteiger partial charge is 0.248 e. The summed E-state index contributed by atoms with van der Waals surface area (Å²) in [6.45, 7) is 0. The van der Waals surface area contributed by atoms with Gasteiger partial charge in [-0.25, -0.2) is 9.97 Å². The van der Waals surface area contributed by atoms with Gasteiger partial charge in [-0.2, -0.15) is 0 Å². The Morgan fingerprint density at radius 2 is 0.831 bits per heavy atom. The summed E-state index contributed by atoms with van der Waals surface area (Å²) < 4.78 is 0. The second-order valence-electron chi connectivity index (χ2n) is 17.6. The second-order valence-corrected chi connectivity index (χ2v) is 17.6. The summed E-state index contributed by atoms with van der Waals surface area (Å²) in [5.74, 6) is 0. The molecule has 14 rings (SSSR count). The number of hydrogen-bond acceptors (Lipinski definition) is 2. The highest BCUT2D eigenvalue weighted by molar-refractivity contribution is 6.20. The van der Waals surface area contributed by atoms with E-state index in [2.05, 4.69) is 231 Å². The van der Waals surface area contributed by atoms with Crippen LogP contribution in [0, 0.1) is 0 Å². The van der Waals surface area contributed by atoms with Crippen LogP contribution in [0.3, 0.4) is 0 Å². The summed E-state index contributed by atoms with van der Waals surface area (Å²) in [5, 5.41) is 8.39. The molecule has 0 unspecified atom stereocenters. The molecule has 0 radical (unpaired) electrons. The highest BCUT2D eigenvalue weighted by atomic mass is 14.7. The number of para-hydroxylation sites is 1. The number of fused-ring (bicyclic) bond motifs is 16. The van der Waals surface area contributed by atoms with Gasteiger partial charge in [-0.15, -0.1) is 0 Å². The lowest BCUT2D eigenvalue weighted by molar-refractivity contribution is 0.794. The van der Waals surface area contributed by atoms with E-state index < -0.39 is 5.41 Å². The number of aromatic nitrogens is 2. The lowest BCUT2D eigenvalue weighted by atomic mass is 9.70. The predicted octanol–water partition coefficient (Wildman–Crippen LogP) is 16.1. The van der Waals surface area contributed by atoms with E-state index in [9.17, 15) is 0 Å². The number of hydrogen-bond donors (Lipinski definition) is 0. The quantitative estimate of drug-likeness (QED) is 0.165. The van der Waals surface area contributed by atoms with E-state index in [1.165, 1.54) is 76.8 Å². The van der Waals surface area contributed by atoms with Gasteiger partial charge in [0.2, 0.25) is 0 Å². The average molecular weight is 823 g/mol. The maximum atomic E-state index is 5.53. The van der Waals surface area contributed by atoms with Gasteiger partial charge in [0, 0.05) is 32.8 Å². The van der Waals surface area contributed by atoms with Crippen molar-refractivity contribution in [2.45, 2.75) is 5.41 Å². The van der Waals surface area contributed by atoms with Gasteiger partial charge >= 0.3 is 0 Å². The van der Waals surface area contributed by atoms with Crippen LogP contribution in [0.4, 0.5) is 0 Å². The van der Waals surface area contributed by atoms with Gasteiger partial charge in [0.1, 0.15) is 0 Å². The fraction of sp³-hybridized carbons (Fsp3) is 0.0159. The Labute approximate surface area is 376 Å². The molecular formula is C63H38N2. The number of benzene rings is 10. The van der Waals surface area contributed by atoms with Crippen LogP contribution in [-0.4, -0.2) is 9.97 Å². The SMILES string of the molecule is c1cc(-c2cc(-c3ccc4ccccc4c3)nc(-c3ccc4ccccc4c3)c2)cc(-c2nc3ccccc3c3c4c(ccc23)C2(c3ccccc3-c3ccccc32)c2ccccc2-4)c1. The Balaban J connectivity index is 0.994. The number of pyridine rings is 2. The Morgan fingerprint density at radius 3 is 1.49 bits per heavy atom. The lowest BCUT2D eigenvalue weighted by Gasteiger charge is -2.30. The maximum Gasteiger partial charge on any atom is 0.0788 e. The van der Waals surface area contributed by atoms with Gasteiger partial charge in [-0.05, 0) is 114 Å². The lowest BCUT2D eigenvalue weighted by Crippen LogP contribution is -2.25. The molecule has 0 bridgehead atoms. The minimum Gasteiger partial charge on any atom is -0.248 e. The number of rotatable bonds is 4. The summed E-state index contributed by atoms with van der Waals surface area (Å²) in [7, 11) is 0. The standard InChI is InChI=1S/C63H38N2/c1-3-16-41-34-44(30-28-39(41)14-1)58-37-47(38-59(64-58)45-31-29-40-15-2-4-17-42(40)35-45)43-18-13-19-46(36-43)62-52-32-33-56-61(60(52)51-23-8-12-27-57(51)65-62)50-22-7-11-26-55(50)63(56)53-24-9-5-20-48(53)49-21-6-10-25-54(49)63/h1-38H. The first-order valence-corrected chi connectivity index (χ1v) is 22.5. The van der Waals surface area contributed by atoms with E-state index in [0.29, 0.717) is 0 Å². The molecule has 2 aromatic heterocycles. The minimum absolute atomic E-state index is 0.426. The third kappa shape index (κ3) is 5.23. The molecule has 0 N–H and O–H groups in total. The molecule has 0 saturated heterocycles. The van der Waals surface area contributed by atoms with Crippen molar-refractivity contribution in [3.8, 4) is 67.2 Å². The van der Waals surface area contributed by atoms with Crippen LogP contribution in [0.1, 0.15) is 22.3 Å². The molecule has 2 nitrogen and oxygen atoms in total. The summed E-state index contributed by atoms with van der Waals surface area (Å²) in [6, 6.07) is 84.5. The van der Waals surface area contributed by atoms with Crippen LogP contribution in [0.2, 0.25) is 0 Å². The molecule has 2 aliphatic rings. The van der Waals surface area contributed by atoms with Crippen molar-refractivity contribution in [3.05, 3.63) is 253 Å². The van der Waals surface area contributed by atoms with Crippen molar-refractivity contribution < 1.29 is 0 Å². The summed E-state index contributed by atoms with van der Waals surface area (Å²) in [5.41, 5.74) is 19.5. The van der Waals surface area contributed by atoms with Crippen molar-refractivity contribution >= 4 is 43.2 Å². The van der Waals surface area contributed by atoms with Crippen LogP contribution >= 0.6 is 0 Å². The molecule has 2 heteroatoms. The topological polar surface area (TPSA) is 25.8 Å². The molecule has 65 heavy (non-hydrogen) atoms. The van der Waals surface area contributed by atoms with Gasteiger partial charge in [-0.1, -0.05) is 194 Å². The minimum atomic E-state index is -0.426. The van der Waals surface area contributed by atoms with Gasteiger partial charge in [0.15, 0.2) is 0 Å². The molecule has 1 spiro atoms. The highest BCUT2D eigenvalue weighted by Gasteiger charge is 2.52. The third-order valence-electron chi connectivity index (χ3n) is 14.2. The van der Waals surface area contributed by atoms with Crippen molar-refractivity contribution in [3.63, 3.8) is 0 Å². The fourth-order valence-corrected chi connectivity index (χ4v) is 11.4. The van der Waals surface area contributed by atoms with E-state index in [-0.39, 0.29) is 0 Å². The highest BCUT2D eigenvalue weighted by Crippen LogP contribution is 2.64. The first kappa shape index (κ1) is 36.1. The van der Waals surface area contributed by atoms with Gasteiger partial charge < -0.3 is 0 Å². The Bertz CT molecular complexity index is 3830. The molecule has 0 fully saturated rings. The van der Waals surface area contributed by atoms with Crippen LogP contribution in [0.25, 0.3) is 110 Å². The van der Waals surface area contributed by atoms with Crippen molar-refractivity contribution in [1.82, 2.24) is 9.97 Å². The second kappa shape index (κ2) is 13.8. The van der Waals surface area contributed by atoms with Gasteiger partial charge in [0.05, 0.1) is 28.0 Å². The molecule has 0 aliphatic heterocycles. The zero-order valence-electron chi connectivity index (χ0n) is 35.3. The first-order valence-electron chi connectivity index (χ1n) is 22.5. The van der Waals surface area contributed by atoms with Gasteiger partial charge in [-0.3, -0.25) is 0 Å². The molecule has 2 heterocycles. The zero-order chi connectivity index (χ0) is 42.6. The Morgan fingerprint density at radius 1 is 0.292 bits per heavy atom. The monoisotopic (exact) mass is 822 g/mol. The van der Waals surface area contributed by atoms with E-state index >= 15 is 0 Å². The van der Waals surface area contributed by atoms with Crippen molar-refractivity contribution in [2.24, 2.45) is 0 Å². The molecular weight excluding hydrogens is 785 g/mol. The Hall–Kier alpha value is -8.46. The Kier molecular flexibility index (Phi) is 7.64. The summed E-state index contributed by atoms with van der Waals surface area (Å²) in [6.07, 6.45) is 0. The molecule has 2 aliphatic carbocycles.